The number of nitrogen functional groups attached to an aromatic ring is 1. The summed E-state index contributed by atoms with van der Waals surface area (Å²) in [5, 5.41) is 21.5. The van der Waals surface area contributed by atoms with Crippen molar-refractivity contribution >= 4 is 33.6 Å². The Hall–Kier alpha value is -3.97. The van der Waals surface area contributed by atoms with Crippen molar-refractivity contribution in [2.75, 3.05) is 20.2 Å². The minimum Gasteiger partial charge on any atom is -0.497 e. The van der Waals surface area contributed by atoms with Crippen LogP contribution >= 0.6 is 0 Å². The molecule has 0 aliphatic heterocycles. The van der Waals surface area contributed by atoms with Gasteiger partial charge in [0.25, 0.3) is 5.91 Å². The summed E-state index contributed by atoms with van der Waals surface area (Å²) in [6, 6.07) is 9.74. The molecule has 0 spiro atoms. The van der Waals surface area contributed by atoms with Crippen LogP contribution in [0, 0.1) is 5.41 Å². The van der Waals surface area contributed by atoms with Crippen molar-refractivity contribution in [3.8, 4) is 5.75 Å². The van der Waals surface area contributed by atoms with Crippen LogP contribution < -0.4 is 25.8 Å². The number of nitrogens with one attached hydrogen (secondary N) is 4. The van der Waals surface area contributed by atoms with E-state index in [0.717, 1.165) is 0 Å². The van der Waals surface area contributed by atoms with Gasteiger partial charge in [-0.3, -0.25) is 19.8 Å². The molecule has 13 heteroatoms. The normalized spacial score (nSPS) is 11.8. The Labute approximate surface area is 196 Å². The lowest BCUT2D eigenvalue weighted by Gasteiger charge is -2.16. The number of hydrogen-bond acceptors (Lipinski definition) is 7. The van der Waals surface area contributed by atoms with Crippen LogP contribution in [-0.4, -0.2) is 63.4 Å². The number of benzene rings is 2. The van der Waals surface area contributed by atoms with Gasteiger partial charge in [0, 0.05) is 30.6 Å². The molecule has 0 radical (unpaired) electrons. The monoisotopic (exact) mass is 491 g/mol. The molecule has 2 aromatic rings. The van der Waals surface area contributed by atoms with E-state index in [1.807, 2.05) is 4.72 Å². The Morgan fingerprint density at radius 2 is 1.62 bits per heavy atom. The van der Waals surface area contributed by atoms with E-state index in [2.05, 4.69) is 10.6 Å². The molecule has 182 valence electrons. The molecule has 0 bridgehead atoms. The van der Waals surface area contributed by atoms with Gasteiger partial charge in [0.1, 0.15) is 17.6 Å². The van der Waals surface area contributed by atoms with E-state index in [1.54, 1.807) is 0 Å². The number of amidine groups is 1. The lowest BCUT2D eigenvalue weighted by Crippen LogP contribution is -2.48. The second-order valence-corrected chi connectivity index (χ2v) is 8.70. The minimum absolute atomic E-state index is 0.0333. The minimum atomic E-state index is -4.16. The van der Waals surface area contributed by atoms with Crippen molar-refractivity contribution in [3.05, 3.63) is 59.7 Å². The highest BCUT2D eigenvalue weighted by Gasteiger charge is 2.26. The summed E-state index contributed by atoms with van der Waals surface area (Å²) < 4.78 is 31.9. The molecule has 0 aromatic heterocycles. The van der Waals surface area contributed by atoms with Gasteiger partial charge in [-0.15, -0.1) is 0 Å². The number of methoxy groups -OCH3 is 1. The van der Waals surface area contributed by atoms with E-state index in [9.17, 15) is 27.9 Å². The number of carboxylic acid groups (broad SMARTS) is 1. The van der Waals surface area contributed by atoms with E-state index >= 15 is 0 Å². The lowest BCUT2D eigenvalue weighted by molar-refractivity contribution is -0.138. The third kappa shape index (κ3) is 7.56. The maximum atomic E-state index is 12.4. The molecule has 0 unspecified atom stereocenters. The number of amides is 2. The molecular formula is C21H25N5O7S. The molecule has 0 fully saturated rings. The zero-order valence-corrected chi connectivity index (χ0v) is 19.0. The van der Waals surface area contributed by atoms with E-state index in [0.29, 0.717) is 16.9 Å². The Morgan fingerprint density at radius 1 is 1.03 bits per heavy atom. The predicted molar refractivity (Wildman–Crippen MR) is 122 cm³/mol. The molecule has 0 aliphatic rings. The van der Waals surface area contributed by atoms with Crippen LogP contribution in [0.4, 0.5) is 0 Å². The van der Waals surface area contributed by atoms with E-state index in [4.69, 9.17) is 15.9 Å². The van der Waals surface area contributed by atoms with Gasteiger partial charge in [0.05, 0.1) is 12.0 Å². The number of carboxylic acids is 1. The number of aliphatic carboxylic acids is 1. The standard InChI is InChI=1S/C21H25N5O7S/c1-33-15-6-8-16(9-7-15)34(31,32)26-17(21(29)30)12-25-18(27)10-11-24-20(28)14-4-2-13(3-5-14)19(22)23/h2-9,17,26H,10-12H2,1H3,(H3,22,23)(H,24,28)(H,25,27)(H,29,30)/t17-/m0/s1. The van der Waals surface area contributed by atoms with Crippen LogP contribution in [0.1, 0.15) is 22.3 Å². The summed E-state index contributed by atoms with van der Waals surface area (Å²) in [6.07, 6.45) is -0.158. The molecule has 1 atom stereocenters. The SMILES string of the molecule is COc1ccc(S(=O)(=O)N[C@@H](CNC(=O)CCNC(=O)c2ccc(C(=N)N)cc2)C(=O)O)cc1. The molecule has 7 N–H and O–H groups in total. The molecule has 34 heavy (non-hydrogen) atoms. The first kappa shape index (κ1) is 26.3. The highest BCUT2D eigenvalue weighted by Crippen LogP contribution is 2.15. The highest BCUT2D eigenvalue weighted by molar-refractivity contribution is 7.89. The zero-order valence-electron chi connectivity index (χ0n) is 18.2. The second kappa shape index (κ2) is 11.8. The number of ether oxygens (including phenoxy) is 1. The van der Waals surface area contributed by atoms with Gasteiger partial charge in [-0.1, -0.05) is 12.1 Å². The quantitative estimate of drug-likeness (QED) is 0.171. The molecule has 0 saturated heterocycles. The van der Waals surface area contributed by atoms with Gasteiger partial charge in [-0.05, 0) is 36.4 Å². The fourth-order valence-electron chi connectivity index (χ4n) is 2.69. The van der Waals surface area contributed by atoms with E-state index in [-0.39, 0.29) is 23.7 Å². The van der Waals surface area contributed by atoms with Crippen molar-refractivity contribution in [1.29, 1.82) is 5.41 Å². The van der Waals surface area contributed by atoms with Crippen molar-refractivity contribution in [2.45, 2.75) is 17.4 Å². The van der Waals surface area contributed by atoms with Gasteiger partial charge >= 0.3 is 5.97 Å². The zero-order chi connectivity index (χ0) is 25.3. The van der Waals surface area contributed by atoms with Gasteiger partial charge < -0.3 is 26.2 Å². The maximum Gasteiger partial charge on any atom is 0.323 e. The average molecular weight is 492 g/mol. The predicted octanol–water partition coefficient (Wildman–Crippen LogP) is -0.353. The molecule has 0 aliphatic carbocycles. The smallest absolute Gasteiger partial charge is 0.323 e. The molecule has 2 amide bonds. The molecule has 0 heterocycles. The number of rotatable bonds is 12. The third-order valence-electron chi connectivity index (χ3n) is 4.56. The Bertz CT molecular complexity index is 1150. The maximum absolute atomic E-state index is 12.4. The van der Waals surface area contributed by atoms with Gasteiger partial charge in [0.15, 0.2) is 0 Å². The van der Waals surface area contributed by atoms with Gasteiger partial charge in [0.2, 0.25) is 15.9 Å². The Kier molecular flexibility index (Phi) is 9.10. The Balaban J connectivity index is 1.84. The van der Waals surface area contributed by atoms with Crippen LogP contribution in [0.15, 0.2) is 53.4 Å². The topological polar surface area (TPSA) is 201 Å². The first-order chi connectivity index (χ1) is 16.0. The Morgan fingerprint density at radius 3 is 2.15 bits per heavy atom. The van der Waals surface area contributed by atoms with Crippen LogP contribution in [0.2, 0.25) is 0 Å². The number of carbonyl (C=O) groups excluding carboxylic acids is 2. The molecule has 2 rings (SSSR count). The van der Waals surface area contributed by atoms with E-state index < -0.39 is 40.4 Å². The lowest BCUT2D eigenvalue weighted by atomic mass is 10.1. The molecule has 12 nitrogen and oxygen atoms in total. The van der Waals surface area contributed by atoms with Crippen molar-refractivity contribution in [1.82, 2.24) is 15.4 Å². The number of sulfonamides is 1. The molecule has 0 saturated carbocycles. The summed E-state index contributed by atoms with van der Waals surface area (Å²) in [7, 11) is -2.74. The molecular weight excluding hydrogens is 466 g/mol. The third-order valence-corrected chi connectivity index (χ3v) is 6.05. The number of carbonyl (C=O) groups is 3. The summed E-state index contributed by atoms with van der Waals surface area (Å²) in [6.45, 7) is -0.529. The van der Waals surface area contributed by atoms with Crippen LogP contribution in [0.3, 0.4) is 0 Å². The summed E-state index contributed by atoms with van der Waals surface area (Å²) in [4.78, 5) is 35.4. The fraction of sp³-hybridized carbons (Fsp3) is 0.238. The summed E-state index contributed by atoms with van der Waals surface area (Å²) >= 11 is 0. The van der Waals surface area contributed by atoms with Crippen molar-refractivity contribution < 1.29 is 32.6 Å². The first-order valence-electron chi connectivity index (χ1n) is 9.92. The average Bonchev–Trinajstić information content (AvgIpc) is 2.81. The number of hydrogen-bond donors (Lipinski definition) is 6. The fourth-order valence-corrected chi connectivity index (χ4v) is 3.88. The van der Waals surface area contributed by atoms with Gasteiger partial charge in [-0.25, -0.2) is 8.42 Å². The van der Waals surface area contributed by atoms with E-state index in [1.165, 1.54) is 55.6 Å². The second-order valence-electron chi connectivity index (χ2n) is 6.99. The van der Waals surface area contributed by atoms with Crippen LogP contribution in [0.5, 0.6) is 5.75 Å². The number of nitrogens with two attached hydrogens (primary N) is 1. The molecule has 2 aromatic carbocycles. The highest BCUT2D eigenvalue weighted by atomic mass is 32.2. The first-order valence-corrected chi connectivity index (χ1v) is 11.4. The summed E-state index contributed by atoms with van der Waals surface area (Å²) in [5.74, 6) is -2.20. The van der Waals surface area contributed by atoms with Crippen LogP contribution in [-0.2, 0) is 19.6 Å². The van der Waals surface area contributed by atoms with Crippen LogP contribution in [0.25, 0.3) is 0 Å². The van der Waals surface area contributed by atoms with Crippen molar-refractivity contribution in [2.24, 2.45) is 5.73 Å². The van der Waals surface area contributed by atoms with Gasteiger partial charge in [-0.2, -0.15) is 4.72 Å². The largest absolute Gasteiger partial charge is 0.497 e. The van der Waals surface area contributed by atoms with Crippen molar-refractivity contribution in [3.63, 3.8) is 0 Å². The summed E-state index contributed by atoms with van der Waals surface area (Å²) in [5.41, 5.74) is 6.13.